The zero-order valence-corrected chi connectivity index (χ0v) is 12.0. The van der Waals surface area contributed by atoms with Gasteiger partial charge in [0.1, 0.15) is 5.57 Å². The van der Waals surface area contributed by atoms with Crippen LogP contribution in [0.25, 0.3) is 0 Å². The summed E-state index contributed by atoms with van der Waals surface area (Å²) in [5.74, 6) is -1.22. The van der Waals surface area contributed by atoms with Crippen LogP contribution in [-0.2, 0) is 20.7 Å². The van der Waals surface area contributed by atoms with Gasteiger partial charge in [-0.05, 0) is 18.6 Å². The Morgan fingerprint density at radius 3 is 2.47 bits per heavy atom. The lowest BCUT2D eigenvalue weighted by Gasteiger charge is -2.09. The van der Waals surface area contributed by atoms with Crippen LogP contribution in [0, 0.1) is 0 Å². The summed E-state index contributed by atoms with van der Waals surface area (Å²) in [5, 5.41) is 0.731. The van der Waals surface area contributed by atoms with E-state index in [1.807, 2.05) is 0 Å². The Labute approximate surface area is 121 Å². The number of hydrogen-bond acceptors (Lipinski definition) is 4. The van der Waals surface area contributed by atoms with E-state index in [1.54, 1.807) is 18.2 Å². The summed E-state index contributed by atoms with van der Waals surface area (Å²) in [6.07, 6.45) is 0.142. The number of ketones is 1. The van der Waals surface area contributed by atoms with Gasteiger partial charge in [0.25, 0.3) is 0 Å². The van der Waals surface area contributed by atoms with Crippen molar-refractivity contribution in [2.45, 2.75) is 13.3 Å². The molecule has 0 heterocycles. The van der Waals surface area contributed by atoms with Crippen LogP contribution in [0.5, 0.6) is 0 Å². The highest BCUT2D eigenvalue weighted by atomic mass is 35.5. The van der Waals surface area contributed by atoms with Gasteiger partial charge in [-0.15, -0.1) is 0 Å². The van der Waals surface area contributed by atoms with Crippen LogP contribution in [0.4, 0.5) is 0 Å². The van der Waals surface area contributed by atoms with Crippen molar-refractivity contribution in [2.75, 3.05) is 7.11 Å². The molecule has 0 aromatic heterocycles. The predicted octanol–water partition coefficient (Wildman–Crippen LogP) is 2.51. The smallest absolute Gasteiger partial charge is 0.343 e. The molecule has 0 amide bonds. The maximum absolute atomic E-state index is 11.5. The molecule has 0 bridgehead atoms. The zero-order chi connectivity index (χ0) is 14.6. The first-order chi connectivity index (χ1) is 8.88. The van der Waals surface area contributed by atoms with Gasteiger partial charge in [0.2, 0.25) is 0 Å². The minimum Gasteiger partial charge on any atom is -0.465 e. The van der Waals surface area contributed by atoms with Gasteiger partial charge in [0, 0.05) is 12.1 Å². The van der Waals surface area contributed by atoms with Crippen molar-refractivity contribution in [3.05, 3.63) is 45.1 Å². The Morgan fingerprint density at radius 2 is 1.95 bits per heavy atom. The normalized spacial score (nSPS) is 11.8. The fraction of sp³-hybridized carbons (Fsp3) is 0.231. The number of esters is 1. The molecule has 1 aromatic carbocycles. The van der Waals surface area contributed by atoms with Crippen molar-refractivity contribution < 1.29 is 14.3 Å². The molecular weight excluding hydrogens is 289 g/mol. The minimum atomic E-state index is -0.761. The van der Waals surface area contributed by atoms with Crippen molar-refractivity contribution in [2.24, 2.45) is 5.73 Å². The van der Waals surface area contributed by atoms with Crippen molar-refractivity contribution in [3.8, 4) is 0 Å². The third-order valence-corrected chi connectivity index (χ3v) is 3.33. The van der Waals surface area contributed by atoms with E-state index in [2.05, 4.69) is 4.74 Å². The fourth-order valence-corrected chi connectivity index (χ4v) is 1.97. The van der Waals surface area contributed by atoms with Crippen LogP contribution in [0.2, 0.25) is 10.0 Å². The third-order valence-electron chi connectivity index (χ3n) is 2.48. The standard InChI is InChI=1S/C13H13Cl2NO3/c1-7(17)11(13(18)19-2)10(16)6-8-4-3-5-9(14)12(8)15/h3-5H,6,16H2,1-2H3. The molecular formula is C13H13Cl2NO3. The zero-order valence-electron chi connectivity index (χ0n) is 10.5. The first-order valence-electron chi connectivity index (χ1n) is 5.39. The molecule has 0 aliphatic heterocycles. The molecule has 1 rings (SSSR count). The van der Waals surface area contributed by atoms with Gasteiger partial charge in [-0.3, -0.25) is 4.79 Å². The Kier molecular flexibility index (Phi) is 5.39. The summed E-state index contributed by atoms with van der Waals surface area (Å²) in [4.78, 5) is 22.9. The molecule has 0 spiro atoms. The number of nitrogens with two attached hydrogens (primary N) is 1. The number of benzene rings is 1. The van der Waals surface area contributed by atoms with Crippen molar-refractivity contribution in [1.29, 1.82) is 0 Å². The second kappa shape index (κ2) is 6.59. The summed E-state index contributed by atoms with van der Waals surface area (Å²) in [6.45, 7) is 1.25. The number of methoxy groups -OCH3 is 1. The van der Waals surface area contributed by atoms with E-state index < -0.39 is 11.8 Å². The lowest BCUT2D eigenvalue weighted by molar-refractivity contribution is -0.137. The van der Waals surface area contributed by atoms with Crippen molar-refractivity contribution in [1.82, 2.24) is 0 Å². The van der Waals surface area contributed by atoms with Gasteiger partial charge >= 0.3 is 5.97 Å². The SMILES string of the molecule is COC(=O)C(C(C)=O)=C(N)Cc1cccc(Cl)c1Cl. The lowest BCUT2D eigenvalue weighted by atomic mass is 10.0. The summed E-state index contributed by atoms with van der Waals surface area (Å²) in [7, 11) is 1.19. The lowest BCUT2D eigenvalue weighted by Crippen LogP contribution is -2.19. The quantitative estimate of drug-likeness (QED) is 0.401. The summed E-state index contributed by atoms with van der Waals surface area (Å²) in [6, 6.07) is 5.07. The van der Waals surface area contributed by atoms with Crippen molar-refractivity contribution >= 4 is 35.0 Å². The van der Waals surface area contributed by atoms with E-state index >= 15 is 0 Å². The number of allylic oxidation sites excluding steroid dienone is 1. The maximum atomic E-state index is 11.5. The van der Waals surface area contributed by atoms with E-state index in [1.165, 1.54) is 14.0 Å². The molecule has 0 unspecified atom stereocenters. The molecule has 0 fully saturated rings. The maximum Gasteiger partial charge on any atom is 0.343 e. The number of carbonyl (C=O) groups is 2. The average Bonchev–Trinajstić information content (AvgIpc) is 2.34. The highest BCUT2D eigenvalue weighted by Crippen LogP contribution is 2.27. The second-order valence-electron chi connectivity index (χ2n) is 3.84. The molecule has 2 N–H and O–H groups in total. The van der Waals surface area contributed by atoms with Crippen LogP contribution in [0.15, 0.2) is 29.5 Å². The molecule has 0 saturated heterocycles. The fourth-order valence-electron chi connectivity index (χ4n) is 1.58. The van der Waals surface area contributed by atoms with Crippen LogP contribution in [0.1, 0.15) is 12.5 Å². The van der Waals surface area contributed by atoms with Crippen LogP contribution >= 0.6 is 23.2 Å². The number of ether oxygens (including phenoxy) is 1. The number of carbonyl (C=O) groups excluding carboxylic acids is 2. The van der Waals surface area contributed by atoms with E-state index in [9.17, 15) is 9.59 Å². The summed E-state index contributed by atoms with van der Waals surface area (Å²) >= 11 is 11.9. The molecule has 6 heteroatoms. The Hall–Kier alpha value is -1.52. The Bertz CT molecular complexity index is 553. The molecule has 4 nitrogen and oxygen atoms in total. The van der Waals surface area contributed by atoms with Gasteiger partial charge in [-0.25, -0.2) is 4.79 Å². The van der Waals surface area contributed by atoms with E-state index in [0.717, 1.165) is 0 Å². The van der Waals surface area contributed by atoms with E-state index in [0.29, 0.717) is 15.6 Å². The molecule has 19 heavy (non-hydrogen) atoms. The monoisotopic (exact) mass is 301 g/mol. The molecule has 0 aliphatic rings. The van der Waals surface area contributed by atoms with E-state index in [4.69, 9.17) is 28.9 Å². The number of hydrogen-bond donors (Lipinski definition) is 1. The molecule has 0 saturated carbocycles. The third kappa shape index (κ3) is 3.72. The predicted molar refractivity (Wildman–Crippen MR) is 74.1 cm³/mol. The van der Waals surface area contributed by atoms with Gasteiger partial charge < -0.3 is 10.5 Å². The number of rotatable bonds is 4. The van der Waals surface area contributed by atoms with E-state index in [-0.39, 0.29) is 17.7 Å². The number of halogens is 2. The topological polar surface area (TPSA) is 69.4 Å². The highest BCUT2D eigenvalue weighted by molar-refractivity contribution is 6.42. The molecule has 0 atom stereocenters. The average molecular weight is 302 g/mol. The van der Waals surface area contributed by atoms with Gasteiger partial charge in [0.15, 0.2) is 5.78 Å². The van der Waals surface area contributed by atoms with Crippen LogP contribution < -0.4 is 5.73 Å². The molecule has 1 aromatic rings. The minimum absolute atomic E-state index is 0.100. The summed E-state index contributed by atoms with van der Waals surface area (Å²) < 4.78 is 4.53. The van der Waals surface area contributed by atoms with Crippen molar-refractivity contribution in [3.63, 3.8) is 0 Å². The van der Waals surface area contributed by atoms with Crippen LogP contribution in [0.3, 0.4) is 0 Å². The van der Waals surface area contributed by atoms with Gasteiger partial charge in [0.05, 0.1) is 17.2 Å². The van der Waals surface area contributed by atoms with Crippen LogP contribution in [-0.4, -0.2) is 18.9 Å². The first kappa shape index (κ1) is 15.5. The molecule has 102 valence electrons. The summed E-state index contributed by atoms with van der Waals surface area (Å²) in [5.41, 5.74) is 6.37. The first-order valence-corrected chi connectivity index (χ1v) is 6.14. The largest absolute Gasteiger partial charge is 0.465 e. The molecule has 0 radical (unpaired) electrons. The Balaban J connectivity index is 3.17. The number of Topliss-reactive ketones (excluding diaryl/α,β-unsaturated/α-hetero) is 1. The highest BCUT2D eigenvalue weighted by Gasteiger charge is 2.20. The molecule has 0 aliphatic carbocycles. The van der Waals surface area contributed by atoms with Gasteiger partial charge in [-0.2, -0.15) is 0 Å². The van der Waals surface area contributed by atoms with Gasteiger partial charge in [-0.1, -0.05) is 35.3 Å². The Morgan fingerprint density at radius 1 is 1.32 bits per heavy atom. The second-order valence-corrected chi connectivity index (χ2v) is 4.62.